The number of ketones is 2. The monoisotopic (exact) mass is 846 g/mol. The first-order valence-electron chi connectivity index (χ1n) is 20.6. The molecule has 0 spiro atoms. The van der Waals surface area contributed by atoms with Crippen molar-refractivity contribution in [3.63, 3.8) is 0 Å². The van der Waals surface area contributed by atoms with Crippen molar-refractivity contribution in [2.75, 3.05) is 33.9 Å². The molecule has 3 amide bonds. The molecule has 3 aliphatic heterocycles. The maximum absolute atomic E-state index is 14.2. The minimum absolute atomic E-state index is 0.00311. The molecule has 18 nitrogen and oxygen atoms in total. The minimum Gasteiger partial charge on any atom is -0.507 e. The van der Waals surface area contributed by atoms with E-state index >= 15 is 0 Å². The van der Waals surface area contributed by atoms with Gasteiger partial charge in [0.2, 0.25) is 11.7 Å². The molecule has 0 bridgehead atoms. The average molecular weight is 847 g/mol. The van der Waals surface area contributed by atoms with E-state index in [4.69, 9.17) is 23.7 Å². The Bertz CT molecular complexity index is 2160. The number of ether oxygens (including phenoxy) is 5. The normalized spacial score (nSPS) is 29.7. The fraction of sp³-hybridized carbons (Fsp3) is 0.535. The van der Waals surface area contributed by atoms with Gasteiger partial charge in [0.1, 0.15) is 29.6 Å². The number of aldehydes is 1. The molecule has 0 aromatic heterocycles. The van der Waals surface area contributed by atoms with Crippen molar-refractivity contribution in [3.05, 3.63) is 63.7 Å². The highest BCUT2D eigenvalue weighted by Gasteiger charge is 2.55. The van der Waals surface area contributed by atoms with Gasteiger partial charge in [-0.3, -0.25) is 39.2 Å². The number of hydrogen-bond donors (Lipinski definition) is 5. The zero-order chi connectivity index (χ0) is 43.3. The van der Waals surface area contributed by atoms with Crippen molar-refractivity contribution in [1.29, 1.82) is 0 Å². The van der Waals surface area contributed by atoms with Crippen LogP contribution in [0.5, 0.6) is 17.2 Å². The van der Waals surface area contributed by atoms with Gasteiger partial charge in [0.15, 0.2) is 18.3 Å². The molecule has 1 saturated carbocycles. The Morgan fingerprint density at radius 2 is 1.77 bits per heavy atom. The molecule has 0 radical (unpaired) electrons. The lowest BCUT2D eigenvalue weighted by atomic mass is 9.71. The van der Waals surface area contributed by atoms with Crippen molar-refractivity contribution in [2.45, 2.75) is 107 Å². The molecule has 3 heterocycles. The topological polar surface area (TPSA) is 240 Å². The summed E-state index contributed by atoms with van der Waals surface area (Å²) in [5, 5.41) is 36.6. The number of nitrogens with zero attached hydrogens (tertiary/aromatic N) is 2. The second-order valence-corrected chi connectivity index (χ2v) is 16.6. The number of imide groups is 1. The summed E-state index contributed by atoms with van der Waals surface area (Å²) >= 11 is 0. The van der Waals surface area contributed by atoms with Crippen LogP contribution >= 0.6 is 0 Å². The highest BCUT2D eigenvalue weighted by atomic mass is 16.7. The molecule has 8 rings (SSSR count). The predicted molar refractivity (Wildman–Crippen MR) is 210 cm³/mol. The van der Waals surface area contributed by atoms with Crippen molar-refractivity contribution in [3.8, 4) is 17.2 Å². The number of rotatable bonds is 14. The largest absolute Gasteiger partial charge is 0.507 e. The number of phenols is 2. The summed E-state index contributed by atoms with van der Waals surface area (Å²) in [5.74, 6) is -3.91. The van der Waals surface area contributed by atoms with Crippen LogP contribution in [-0.4, -0.2) is 137 Å². The summed E-state index contributed by atoms with van der Waals surface area (Å²) in [5.41, 5.74) is 1.98. The molecule has 3 fully saturated rings. The number of hydrazine groups is 1. The van der Waals surface area contributed by atoms with E-state index in [9.17, 15) is 44.1 Å². The van der Waals surface area contributed by atoms with Gasteiger partial charge in [-0.25, -0.2) is 5.43 Å². The molecule has 3 aliphatic carbocycles. The van der Waals surface area contributed by atoms with Gasteiger partial charge < -0.3 is 43.8 Å². The number of hydrogen-bond acceptors (Lipinski definition) is 16. The first-order chi connectivity index (χ1) is 29.3. The summed E-state index contributed by atoms with van der Waals surface area (Å²) in [6.45, 7) is 3.28. The Balaban J connectivity index is 1.06. The smallest absolute Gasteiger partial charge is 0.253 e. The molecule has 2 saturated heterocycles. The number of phenolic OH excluding ortho intramolecular Hbond substituents is 2. The lowest BCUT2D eigenvalue weighted by Crippen LogP contribution is -2.60. The number of benzene rings is 2. The summed E-state index contributed by atoms with van der Waals surface area (Å²) in [4.78, 5) is 80.9. The number of fused-ring (bicyclic) bond motifs is 6. The Labute approximate surface area is 351 Å². The fourth-order valence-corrected chi connectivity index (χ4v) is 10.0. The Morgan fingerprint density at radius 3 is 2.49 bits per heavy atom. The maximum atomic E-state index is 14.2. The zero-order valence-electron chi connectivity index (χ0n) is 34.1. The molecule has 61 heavy (non-hydrogen) atoms. The van der Waals surface area contributed by atoms with Gasteiger partial charge in [0, 0.05) is 74.3 Å². The van der Waals surface area contributed by atoms with Crippen LogP contribution in [0.4, 0.5) is 0 Å². The number of carbonyl (C=O) groups is 6. The second kappa shape index (κ2) is 17.0. The third-order valence-corrected chi connectivity index (χ3v) is 13.0. The third kappa shape index (κ3) is 7.53. The molecule has 6 aliphatic rings. The molecule has 9 atom stereocenters. The van der Waals surface area contributed by atoms with Crippen LogP contribution < -0.4 is 15.6 Å². The number of carbonyl (C=O) groups excluding carboxylic acids is 6. The summed E-state index contributed by atoms with van der Waals surface area (Å²) in [7, 11) is 2.91. The molecule has 1 unspecified atom stereocenters. The van der Waals surface area contributed by atoms with E-state index in [0.29, 0.717) is 51.5 Å². The molecule has 2 aromatic carbocycles. The quantitative estimate of drug-likeness (QED) is 0.0508. The van der Waals surface area contributed by atoms with Crippen molar-refractivity contribution in [2.24, 2.45) is 5.92 Å². The maximum Gasteiger partial charge on any atom is 0.253 e. The zero-order valence-corrected chi connectivity index (χ0v) is 34.1. The first kappa shape index (κ1) is 42.6. The highest BCUT2D eigenvalue weighted by molar-refractivity contribution is 6.31. The van der Waals surface area contributed by atoms with E-state index in [1.807, 2.05) is 6.92 Å². The molecule has 326 valence electrons. The van der Waals surface area contributed by atoms with Gasteiger partial charge in [0.25, 0.3) is 11.8 Å². The van der Waals surface area contributed by atoms with E-state index in [1.54, 1.807) is 7.11 Å². The molecular weight excluding hydrogens is 796 g/mol. The Kier molecular flexibility index (Phi) is 11.9. The summed E-state index contributed by atoms with van der Waals surface area (Å²) in [6, 6.07) is 2.88. The van der Waals surface area contributed by atoms with Crippen LogP contribution in [-0.2, 0) is 44.5 Å². The number of unbranched alkanes of at least 4 members (excludes halogenated alkanes) is 2. The Hall–Kier alpha value is -5.08. The van der Waals surface area contributed by atoms with Gasteiger partial charge in [-0.2, -0.15) is 0 Å². The number of methoxy groups -OCH3 is 2. The van der Waals surface area contributed by atoms with Crippen molar-refractivity contribution in [1.82, 2.24) is 20.7 Å². The van der Waals surface area contributed by atoms with E-state index in [-0.39, 0.29) is 77.3 Å². The van der Waals surface area contributed by atoms with Gasteiger partial charge in [0.05, 0.1) is 54.3 Å². The Morgan fingerprint density at radius 1 is 1.02 bits per heavy atom. The standard InChI is InChI=1S/C43H50N4O14/c1-21-16-22(17-25-40(21)61-41-42(58-3)59-15-14-46(25)41)60-27-19-43(56,28(20-48)44-45-29(49)10-5-4-6-13-47-30(50)11-12-31(47)51)18-24-33(27)39(55)35-34(37(24)53)36(52)23-8-7-9-26(57-2)32(23)38(35)54/h7-9,11-12,20-22,25,27-28,40-42,44,53,55-56H,4-6,10,13-19H2,1-3H3,(H,45,49)/t21-,22-,25+,27+,28?,40-,41-,42+,43+/m1/s1. The lowest BCUT2D eigenvalue weighted by molar-refractivity contribution is -0.245. The van der Waals surface area contributed by atoms with Crippen molar-refractivity contribution >= 4 is 35.6 Å². The van der Waals surface area contributed by atoms with Crippen LogP contribution in [0.2, 0.25) is 0 Å². The SMILES string of the molecule is COc1cccc2c1C(=O)c1c(O)c3c(c(O)c1C2=O)C[C@@](O)(C(C=O)NNC(=O)CCCCCN1C(=O)C=CC1=O)C[C@@H]3O[C@@H]1C[C@@H](C)[C@H]2O[C@@H]3[C@@H](OC)OCCN3[C@H]2C1. The highest BCUT2D eigenvalue weighted by Crippen LogP contribution is 2.53. The number of amides is 3. The van der Waals surface area contributed by atoms with E-state index in [0.717, 1.165) is 4.90 Å². The van der Waals surface area contributed by atoms with Gasteiger partial charge in [-0.1, -0.05) is 25.5 Å². The fourth-order valence-electron chi connectivity index (χ4n) is 10.0. The number of nitrogens with one attached hydrogen (secondary N) is 2. The minimum atomic E-state index is -2.07. The van der Waals surface area contributed by atoms with E-state index in [1.165, 1.54) is 37.5 Å². The first-order valence-corrected chi connectivity index (χ1v) is 20.6. The molecule has 18 heteroatoms. The van der Waals surface area contributed by atoms with Crippen LogP contribution in [0.3, 0.4) is 0 Å². The van der Waals surface area contributed by atoms with Crippen LogP contribution in [0.15, 0.2) is 30.4 Å². The molecular formula is C43H50N4O14. The van der Waals surface area contributed by atoms with Crippen LogP contribution in [0.25, 0.3) is 0 Å². The average Bonchev–Trinajstić information content (AvgIpc) is 3.79. The van der Waals surface area contributed by atoms with E-state index in [2.05, 4.69) is 15.8 Å². The third-order valence-electron chi connectivity index (χ3n) is 13.0. The number of aromatic hydroxyl groups is 2. The van der Waals surface area contributed by atoms with Crippen molar-refractivity contribution < 1.29 is 67.8 Å². The van der Waals surface area contributed by atoms with Crippen LogP contribution in [0.1, 0.15) is 101 Å². The van der Waals surface area contributed by atoms with Gasteiger partial charge in [-0.05, 0) is 37.7 Å². The van der Waals surface area contributed by atoms with Gasteiger partial charge >= 0.3 is 0 Å². The summed E-state index contributed by atoms with van der Waals surface area (Å²) in [6.07, 6.45) is 1.54. The lowest BCUT2D eigenvalue weighted by Gasteiger charge is -2.45. The molecule has 2 aromatic rings. The van der Waals surface area contributed by atoms with E-state index < -0.39 is 82.9 Å². The van der Waals surface area contributed by atoms with Crippen LogP contribution in [0, 0.1) is 5.92 Å². The number of aliphatic hydroxyl groups is 1. The van der Waals surface area contributed by atoms with Gasteiger partial charge in [-0.15, -0.1) is 0 Å². The summed E-state index contributed by atoms with van der Waals surface area (Å²) < 4.78 is 30.1. The molecule has 5 N–H and O–H groups in total. The predicted octanol–water partition coefficient (Wildman–Crippen LogP) is 1.49. The number of morpholine rings is 1. The second-order valence-electron chi connectivity index (χ2n) is 16.6.